The van der Waals surface area contributed by atoms with Gasteiger partial charge in [0.25, 0.3) is 5.89 Å². The molecule has 2 aromatic heterocycles. The zero-order chi connectivity index (χ0) is 14.1. The molecular weight excluding hydrogens is 280 g/mol. The number of phenolic OH excluding ortho intramolecular Hbond substituents is 1. The van der Waals surface area contributed by atoms with Gasteiger partial charge < -0.3 is 15.4 Å². The number of anilines is 1. The summed E-state index contributed by atoms with van der Waals surface area (Å²) in [5.74, 6) is 0.562. The van der Waals surface area contributed by atoms with Gasteiger partial charge in [0.15, 0.2) is 0 Å². The molecule has 0 unspecified atom stereocenters. The number of aromatic nitrogens is 3. The van der Waals surface area contributed by atoms with Gasteiger partial charge >= 0.3 is 0 Å². The van der Waals surface area contributed by atoms with Crippen molar-refractivity contribution in [2.45, 2.75) is 0 Å². The molecule has 0 saturated heterocycles. The number of nitrogens with two attached hydrogens (primary N) is 1. The minimum Gasteiger partial charge on any atom is -0.506 e. The Bertz CT molecular complexity index is 773. The highest BCUT2D eigenvalue weighted by molar-refractivity contribution is 6.32. The van der Waals surface area contributed by atoms with Crippen molar-refractivity contribution in [1.29, 1.82) is 0 Å². The van der Waals surface area contributed by atoms with E-state index in [0.29, 0.717) is 16.3 Å². The summed E-state index contributed by atoms with van der Waals surface area (Å²) in [5.41, 5.74) is 6.90. The number of rotatable bonds is 2. The normalized spacial score (nSPS) is 10.7. The average Bonchev–Trinajstić information content (AvgIpc) is 2.92. The molecule has 0 bridgehead atoms. The van der Waals surface area contributed by atoms with Crippen LogP contribution in [0.1, 0.15) is 0 Å². The van der Waals surface area contributed by atoms with Crippen LogP contribution in [0.5, 0.6) is 5.75 Å². The van der Waals surface area contributed by atoms with Gasteiger partial charge in [0.1, 0.15) is 11.4 Å². The number of aromatic hydroxyl groups is 1. The molecule has 1 aromatic carbocycles. The Morgan fingerprint density at radius 3 is 2.85 bits per heavy atom. The number of hydrogen-bond acceptors (Lipinski definition) is 6. The fourth-order valence-corrected chi connectivity index (χ4v) is 1.88. The van der Waals surface area contributed by atoms with Gasteiger partial charge in [0, 0.05) is 11.8 Å². The molecule has 0 fully saturated rings. The Morgan fingerprint density at radius 1 is 1.25 bits per heavy atom. The Balaban J connectivity index is 2.02. The molecule has 0 aliphatic rings. The zero-order valence-electron chi connectivity index (χ0n) is 10.1. The predicted molar refractivity (Wildman–Crippen MR) is 74.1 cm³/mol. The Kier molecular flexibility index (Phi) is 3.00. The summed E-state index contributed by atoms with van der Waals surface area (Å²) in [6.07, 6.45) is 1.59. The van der Waals surface area contributed by atoms with Crippen molar-refractivity contribution in [2.75, 3.05) is 5.73 Å². The van der Waals surface area contributed by atoms with E-state index in [2.05, 4.69) is 15.1 Å². The van der Waals surface area contributed by atoms with E-state index in [4.69, 9.17) is 21.9 Å². The Labute approximate surface area is 118 Å². The number of pyridine rings is 1. The molecule has 3 aromatic rings. The molecule has 7 heteroatoms. The lowest BCUT2D eigenvalue weighted by Crippen LogP contribution is -1.88. The quantitative estimate of drug-likeness (QED) is 0.556. The number of nitrogens with zero attached hydrogens (tertiary/aromatic N) is 3. The molecule has 3 N–H and O–H groups in total. The molecule has 0 spiro atoms. The van der Waals surface area contributed by atoms with Gasteiger partial charge in [-0.2, -0.15) is 4.98 Å². The first kappa shape index (κ1) is 12.4. The molecular formula is C13H9ClN4O2. The highest BCUT2D eigenvalue weighted by Gasteiger charge is 2.14. The molecule has 2 heterocycles. The van der Waals surface area contributed by atoms with E-state index in [-0.39, 0.29) is 23.2 Å². The van der Waals surface area contributed by atoms with Crippen molar-refractivity contribution in [3.05, 3.63) is 41.6 Å². The maximum absolute atomic E-state index is 9.39. The highest BCUT2D eigenvalue weighted by atomic mass is 35.5. The van der Waals surface area contributed by atoms with Crippen LogP contribution in [0, 0.1) is 0 Å². The second-order valence-electron chi connectivity index (χ2n) is 4.03. The first-order valence-electron chi connectivity index (χ1n) is 5.68. The summed E-state index contributed by atoms with van der Waals surface area (Å²) in [5, 5.41) is 13.7. The molecule has 0 aliphatic heterocycles. The van der Waals surface area contributed by atoms with E-state index in [9.17, 15) is 5.11 Å². The van der Waals surface area contributed by atoms with E-state index in [1.807, 2.05) is 0 Å². The standard InChI is InChI=1S/C13H9ClN4O2/c14-8-2-1-5-16-11(8)12-17-13(20-18-12)7-3-4-10(19)9(15)6-7/h1-6,19H,15H2. The lowest BCUT2D eigenvalue weighted by Gasteiger charge is -1.99. The van der Waals surface area contributed by atoms with Crippen LogP contribution in [0.4, 0.5) is 5.69 Å². The third-order valence-corrected chi connectivity index (χ3v) is 2.98. The smallest absolute Gasteiger partial charge is 0.258 e. The Hall–Kier alpha value is -2.60. The third-order valence-electron chi connectivity index (χ3n) is 2.67. The van der Waals surface area contributed by atoms with Crippen molar-refractivity contribution in [3.8, 4) is 28.7 Å². The summed E-state index contributed by atoms with van der Waals surface area (Å²) in [4.78, 5) is 8.33. The van der Waals surface area contributed by atoms with Crippen LogP contribution in [0.15, 0.2) is 41.1 Å². The number of nitrogen functional groups attached to an aromatic ring is 1. The van der Waals surface area contributed by atoms with Gasteiger partial charge in [-0.1, -0.05) is 16.8 Å². The second kappa shape index (κ2) is 4.82. The summed E-state index contributed by atoms with van der Waals surface area (Å²) in [7, 11) is 0. The Morgan fingerprint density at radius 2 is 2.10 bits per heavy atom. The minimum atomic E-state index is 0.00117. The van der Waals surface area contributed by atoms with Gasteiger partial charge in [0.05, 0.1) is 10.7 Å². The zero-order valence-corrected chi connectivity index (χ0v) is 10.9. The number of phenols is 1. The predicted octanol–water partition coefficient (Wildman–Crippen LogP) is 2.74. The van der Waals surface area contributed by atoms with Crippen molar-refractivity contribution in [2.24, 2.45) is 0 Å². The summed E-state index contributed by atoms with van der Waals surface area (Å²) >= 11 is 6.02. The maximum Gasteiger partial charge on any atom is 0.258 e. The number of benzene rings is 1. The van der Waals surface area contributed by atoms with Crippen LogP contribution in [0.2, 0.25) is 5.02 Å². The van der Waals surface area contributed by atoms with E-state index in [1.165, 1.54) is 6.07 Å². The molecule has 0 radical (unpaired) electrons. The van der Waals surface area contributed by atoms with Crippen LogP contribution < -0.4 is 5.73 Å². The van der Waals surface area contributed by atoms with Crippen molar-refractivity contribution >= 4 is 17.3 Å². The van der Waals surface area contributed by atoms with Crippen molar-refractivity contribution in [3.63, 3.8) is 0 Å². The van der Waals surface area contributed by atoms with Crippen LogP contribution >= 0.6 is 11.6 Å². The van der Waals surface area contributed by atoms with E-state index in [0.717, 1.165) is 0 Å². The monoisotopic (exact) mass is 288 g/mol. The van der Waals surface area contributed by atoms with Gasteiger partial charge in [-0.3, -0.25) is 4.98 Å². The molecule has 0 amide bonds. The number of hydrogen-bond donors (Lipinski definition) is 2. The van der Waals surface area contributed by atoms with Gasteiger partial charge in [-0.25, -0.2) is 0 Å². The topological polar surface area (TPSA) is 98.1 Å². The van der Waals surface area contributed by atoms with E-state index < -0.39 is 0 Å². The summed E-state index contributed by atoms with van der Waals surface area (Å²) < 4.78 is 5.16. The molecule has 6 nitrogen and oxygen atoms in total. The largest absolute Gasteiger partial charge is 0.506 e. The van der Waals surface area contributed by atoms with Crippen LogP contribution in [-0.4, -0.2) is 20.2 Å². The molecule has 0 saturated carbocycles. The lowest BCUT2D eigenvalue weighted by molar-refractivity contribution is 0.432. The first-order chi connectivity index (χ1) is 9.65. The maximum atomic E-state index is 9.39. The second-order valence-corrected chi connectivity index (χ2v) is 4.44. The minimum absolute atomic E-state index is 0.00117. The van der Waals surface area contributed by atoms with E-state index in [1.54, 1.807) is 30.5 Å². The van der Waals surface area contributed by atoms with Crippen LogP contribution in [0.3, 0.4) is 0 Å². The van der Waals surface area contributed by atoms with Crippen LogP contribution in [-0.2, 0) is 0 Å². The van der Waals surface area contributed by atoms with Crippen molar-refractivity contribution < 1.29 is 9.63 Å². The molecule has 0 atom stereocenters. The highest BCUT2D eigenvalue weighted by Crippen LogP contribution is 2.29. The van der Waals surface area contributed by atoms with Crippen molar-refractivity contribution in [1.82, 2.24) is 15.1 Å². The molecule has 100 valence electrons. The summed E-state index contributed by atoms with van der Waals surface area (Å²) in [6.45, 7) is 0. The number of halogens is 1. The van der Waals surface area contributed by atoms with Gasteiger partial charge in [-0.05, 0) is 30.3 Å². The molecule has 0 aliphatic carbocycles. The molecule has 20 heavy (non-hydrogen) atoms. The molecule has 3 rings (SSSR count). The third kappa shape index (κ3) is 2.17. The SMILES string of the molecule is Nc1cc(-c2nc(-c3ncccc3Cl)no2)ccc1O. The average molecular weight is 289 g/mol. The van der Waals surface area contributed by atoms with Gasteiger partial charge in [0.2, 0.25) is 5.82 Å². The fourth-order valence-electron chi connectivity index (χ4n) is 1.67. The summed E-state index contributed by atoms with van der Waals surface area (Å²) in [6, 6.07) is 8.05. The van der Waals surface area contributed by atoms with E-state index >= 15 is 0 Å². The fraction of sp³-hybridized carbons (Fsp3) is 0. The first-order valence-corrected chi connectivity index (χ1v) is 6.06. The van der Waals surface area contributed by atoms with Gasteiger partial charge in [-0.15, -0.1) is 0 Å². The van der Waals surface area contributed by atoms with Crippen LogP contribution in [0.25, 0.3) is 23.0 Å². The lowest BCUT2D eigenvalue weighted by atomic mass is 10.2.